The van der Waals surface area contributed by atoms with Crippen molar-refractivity contribution in [3.05, 3.63) is 34.4 Å². The Morgan fingerprint density at radius 3 is 2.48 bits per heavy atom. The largest absolute Gasteiger partial charge is 0.340 e. The monoisotopic (exact) mass is 396 g/mol. The minimum Gasteiger partial charge on any atom is -0.340 e. The first kappa shape index (κ1) is 19.7. The summed E-state index contributed by atoms with van der Waals surface area (Å²) in [6.45, 7) is 3.22. The summed E-state index contributed by atoms with van der Waals surface area (Å²) < 4.78 is 27.2. The van der Waals surface area contributed by atoms with E-state index < -0.39 is 26.6 Å². The van der Waals surface area contributed by atoms with Crippen molar-refractivity contribution in [2.75, 3.05) is 46.3 Å². The second-order valence-corrected chi connectivity index (χ2v) is 8.96. The van der Waals surface area contributed by atoms with Gasteiger partial charge in [-0.1, -0.05) is 12.1 Å². The molecule has 2 fully saturated rings. The van der Waals surface area contributed by atoms with Gasteiger partial charge in [0.25, 0.3) is 5.69 Å². The zero-order valence-corrected chi connectivity index (χ0v) is 16.1. The van der Waals surface area contributed by atoms with Gasteiger partial charge in [0.05, 0.1) is 10.8 Å². The lowest BCUT2D eigenvalue weighted by Crippen LogP contribution is -2.52. The number of rotatable bonds is 4. The number of nitro groups is 1. The fraction of sp³-hybridized carbons (Fsp3) is 0.588. The fourth-order valence-corrected chi connectivity index (χ4v) is 5.29. The van der Waals surface area contributed by atoms with Crippen LogP contribution in [0.25, 0.3) is 0 Å². The van der Waals surface area contributed by atoms with Crippen LogP contribution >= 0.6 is 0 Å². The van der Waals surface area contributed by atoms with Crippen LogP contribution in [0.1, 0.15) is 12.8 Å². The van der Waals surface area contributed by atoms with E-state index in [1.165, 1.54) is 28.6 Å². The van der Waals surface area contributed by atoms with E-state index in [2.05, 4.69) is 4.90 Å². The number of carbonyl (C=O) groups excluding carboxylic acids is 1. The van der Waals surface area contributed by atoms with Crippen LogP contribution in [0.4, 0.5) is 5.69 Å². The van der Waals surface area contributed by atoms with Gasteiger partial charge in [0.1, 0.15) is 0 Å². The van der Waals surface area contributed by atoms with Gasteiger partial charge in [-0.15, -0.1) is 0 Å². The molecule has 1 aromatic rings. The average molecular weight is 396 g/mol. The van der Waals surface area contributed by atoms with Crippen LogP contribution in [0.3, 0.4) is 0 Å². The molecule has 0 radical (unpaired) electrons. The highest BCUT2D eigenvalue weighted by molar-refractivity contribution is 7.89. The number of para-hydroxylation sites is 1. The van der Waals surface area contributed by atoms with Gasteiger partial charge in [-0.05, 0) is 26.0 Å². The number of piperazine rings is 1. The Kier molecular flexibility index (Phi) is 5.78. The number of nitro benzene ring substituents is 1. The number of hydrogen-bond acceptors (Lipinski definition) is 6. The molecule has 9 nitrogen and oxygen atoms in total. The molecule has 0 unspecified atom stereocenters. The summed E-state index contributed by atoms with van der Waals surface area (Å²) >= 11 is 0. The van der Waals surface area contributed by atoms with Crippen molar-refractivity contribution in [2.24, 2.45) is 5.92 Å². The summed E-state index contributed by atoms with van der Waals surface area (Å²) in [6, 6.07) is 5.34. The highest BCUT2D eigenvalue weighted by Crippen LogP contribution is 2.30. The first-order valence-corrected chi connectivity index (χ1v) is 10.5. The van der Waals surface area contributed by atoms with Gasteiger partial charge < -0.3 is 9.80 Å². The van der Waals surface area contributed by atoms with E-state index in [0.717, 1.165) is 13.1 Å². The summed E-state index contributed by atoms with van der Waals surface area (Å²) in [6.07, 6.45) is 1.19. The summed E-state index contributed by atoms with van der Waals surface area (Å²) in [5.41, 5.74) is -0.440. The molecule has 2 saturated heterocycles. The van der Waals surface area contributed by atoms with Gasteiger partial charge in [0, 0.05) is 45.3 Å². The third-order valence-electron chi connectivity index (χ3n) is 5.23. The highest BCUT2D eigenvalue weighted by atomic mass is 32.2. The van der Waals surface area contributed by atoms with Crippen molar-refractivity contribution < 1.29 is 18.1 Å². The standard InChI is InChI=1S/C17H24N4O5S/c1-18-9-11-19(12-10-18)17(22)14-5-4-8-20(13-14)27(25,26)16-7-3-2-6-15(16)21(23)24/h2-3,6-7,14H,4-5,8-13H2,1H3/t14-/m0/s1. The number of amides is 1. The Hall–Kier alpha value is -2.04. The van der Waals surface area contributed by atoms with E-state index in [0.29, 0.717) is 25.9 Å². The molecule has 1 atom stereocenters. The Morgan fingerprint density at radius 2 is 1.81 bits per heavy atom. The molecular weight excluding hydrogens is 372 g/mol. The Balaban J connectivity index is 1.78. The second kappa shape index (κ2) is 7.91. The molecule has 3 rings (SSSR count). The summed E-state index contributed by atoms with van der Waals surface area (Å²) in [5.74, 6) is -0.426. The number of carbonyl (C=O) groups is 1. The van der Waals surface area contributed by atoms with Crippen molar-refractivity contribution in [3.8, 4) is 0 Å². The SMILES string of the molecule is CN1CCN(C(=O)[C@H]2CCCN(S(=O)(=O)c3ccccc3[N+](=O)[O-])C2)CC1. The normalized spacial score (nSPS) is 22.6. The number of likely N-dealkylation sites (N-methyl/N-ethyl adjacent to an activating group) is 1. The van der Waals surface area contributed by atoms with Crippen molar-refractivity contribution in [1.82, 2.24) is 14.1 Å². The lowest BCUT2D eigenvalue weighted by atomic mass is 9.98. The van der Waals surface area contributed by atoms with Gasteiger partial charge in [-0.25, -0.2) is 8.42 Å². The zero-order valence-electron chi connectivity index (χ0n) is 15.3. The molecule has 0 spiro atoms. The van der Waals surface area contributed by atoms with Gasteiger partial charge >= 0.3 is 0 Å². The highest BCUT2D eigenvalue weighted by Gasteiger charge is 2.38. The van der Waals surface area contributed by atoms with Crippen LogP contribution in [-0.2, 0) is 14.8 Å². The van der Waals surface area contributed by atoms with Crippen LogP contribution in [0.5, 0.6) is 0 Å². The third-order valence-corrected chi connectivity index (χ3v) is 7.14. The van der Waals surface area contributed by atoms with Crippen LogP contribution in [-0.4, -0.2) is 79.7 Å². The van der Waals surface area contributed by atoms with E-state index in [1.54, 1.807) is 4.90 Å². The van der Waals surface area contributed by atoms with Crippen molar-refractivity contribution in [3.63, 3.8) is 0 Å². The van der Waals surface area contributed by atoms with E-state index in [4.69, 9.17) is 0 Å². The summed E-state index contributed by atoms with van der Waals surface area (Å²) in [7, 11) is -2.03. The van der Waals surface area contributed by atoms with Crippen molar-refractivity contribution in [1.29, 1.82) is 0 Å². The lowest BCUT2D eigenvalue weighted by molar-refractivity contribution is -0.387. The first-order chi connectivity index (χ1) is 12.8. The lowest BCUT2D eigenvalue weighted by Gasteiger charge is -2.37. The molecule has 2 aliphatic rings. The van der Waals surface area contributed by atoms with Gasteiger partial charge in [-0.3, -0.25) is 14.9 Å². The quantitative estimate of drug-likeness (QED) is 0.550. The predicted molar refractivity (Wildman–Crippen MR) is 98.7 cm³/mol. The van der Waals surface area contributed by atoms with Crippen LogP contribution < -0.4 is 0 Å². The van der Waals surface area contributed by atoms with Gasteiger partial charge in [0.2, 0.25) is 15.9 Å². The van der Waals surface area contributed by atoms with Crippen molar-refractivity contribution in [2.45, 2.75) is 17.7 Å². The molecule has 0 N–H and O–H groups in total. The predicted octanol–water partition coefficient (Wildman–Crippen LogP) is 0.770. The molecule has 0 bridgehead atoms. The van der Waals surface area contributed by atoms with Crippen molar-refractivity contribution >= 4 is 21.6 Å². The smallest absolute Gasteiger partial charge is 0.289 e. The number of benzene rings is 1. The maximum absolute atomic E-state index is 13.0. The molecule has 1 aromatic carbocycles. The Morgan fingerprint density at radius 1 is 1.15 bits per heavy atom. The zero-order chi connectivity index (χ0) is 19.6. The maximum Gasteiger partial charge on any atom is 0.289 e. The van der Waals surface area contributed by atoms with Crippen LogP contribution in [0.2, 0.25) is 0 Å². The molecule has 10 heteroatoms. The molecule has 2 heterocycles. The minimum absolute atomic E-state index is 0.0226. The molecule has 148 valence electrons. The molecule has 0 aromatic heterocycles. The van der Waals surface area contributed by atoms with Crippen LogP contribution in [0, 0.1) is 16.0 Å². The number of sulfonamides is 1. The van der Waals surface area contributed by atoms with E-state index in [9.17, 15) is 23.3 Å². The number of piperidine rings is 1. The second-order valence-electron chi connectivity index (χ2n) is 7.06. The molecule has 0 aliphatic carbocycles. The van der Waals surface area contributed by atoms with E-state index >= 15 is 0 Å². The number of hydrogen-bond donors (Lipinski definition) is 0. The van der Waals surface area contributed by atoms with Gasteiger partial charge in [0.15, 0.2) is 4.90 Å². The maximum atomic E-state index is 13.0. The Bertz CT molecular complexity index is 820. The number of nitrogens with zero attached hydrogens (tertiary/aromatic N) is 4. The van der Waals surface area contributed by atoms with E-state index in [-0.39, 0.29) is 23.9 Å². The minimum atomic E-state index is -4.03. The Labute approximate surface area is 158 Å². The summed E-state index contributed by atoms with van der Waals surface area (Å²) in [4.78, 5) is 27.0. The molecule has 2 aliphatic heterocycles. The average Bonchev–Trinajstić information content (AvgIpc) is 2.68. The molecule has 1 amide bonds. The first-order valence-electron chi connectivity index (χ1n) is 9.01. The third kappa shape index (κ3) is 4.12. The molecule has 0 saturated carbocycles. The van der Waals surface area contributed by atoms with Crippen LogP contribution in [0.15, 0.2) is 29.2 Å². The van der Waals surface area contributed by atoms with E-state index in [1.807, 2.05) is 7.05 Å². The topological polar surface area (TPSA) is 104 Å². The van der Waals surface area contributed by atoms with Gasteiger partial charge in [-0.2, -0.15) is 4.31 Å². The molecular formula is C17H24N4O5S. The molecule has 27 heavy (non-hydrogen) atoms. The fourth-order valence-electron chi connectivity index (χ4n) is 3.61. The summed E-state index contributed by atoms with van der Waals surface area (Å²) in [5, 5.41) is 11.2.